The number of hydrogen-bond donors (Lipinski definition) is 0. The molecule has 0 aliphatic carbocycles. The number of benzene rings is 2. The van der Waals surface area contributed by atoms with Gasteiger partial charge in [-0.15, -0.1) is 0 Å². The maximum atomic E-state index is 13.0. The molecule has 0 N–H and O–H groups in total. The summed E-state index contributed by atoms with van der Waals surface area (Å²) < 4.78 is 14.6. The molecule has 1 aliphatic rings. The number of aromatic nitrogens is 3. The van der Waals surface area contributed by atoms with Crippen molar-refractivity contribution in [1.82, 2.24) is 14.8 Å². The Labute approximate surface area is 142 Å². The fourth-order valence-corrected chi connectivity index (χ4v) is 2.54. The third kappa shape index (κ3) is 2.72. The van der Waals surface area contributed by atoms with E-state index in [1.165, 1.54) is 18.5 Å². The second-order valence-electron chi connectivity index (χ2n) is 5.21. The van der Waals surface area contributed by atoms with Gasteiger partial charge in [0.2, 0.25) is 0 Å². The van der Waals surface area contributed by atoms with Crippen LogP contribution in [-0.4, -0.2) is 26.3 Å². The Morgan fingerprint density at radius 1 is 1.04 bits per heavy atom. The van der Waals surface area contributed by atoms with Crippen LogP contribution < -0.4 is 0 Å². The molecule has 0 saturated heterocycles. The van der Waals surface area contributed by atoms with Gasteiger partial charge in [-0.1, -0.05) is 35.9 Å². The van der Waals surface area contributed by atoms with E-state index in [9.17, 15) is 4.39 Å². The molecular weight excluding hydrogens is 329 g/mol. The molecule has 1 aliphatic heterocycles. The summed E-state index contributed by atoms with van der Waals surface area (Å²) in [4.78, 5) is 13.2. The second-order valence-corrected chi connectivity index (χ2v) is 5.64. The summed E-state index contributed by atoms with van der Waals surface area (Å²) in [7, 11) is 0. The normalized spacial score (nSPS) is 14.8. The number of nitrogens with zero attached hydrogens (tertiary/aromatic N) is 5. The van der Waals surface area contributed by atoms with Crippen molar-refractivity contribution in [1.29, 1.82) is 0 Å². The Bertz CT molecular complexity index is 942. The summed E-state index contributed by atoms with van der Waals surface area (Å²) in [5.74, 6) is 0.821. The van der Waals surface area contributed by atoms with E-state index in [1.54, 1.807) is 28.9 Å². The quantitative estimate of drug-likeness (QED) is 0.731. The minimum Gasteiger partial charge on any atom is -0.260 e. The van der Waals surface area contributed by atoms with Gasteiger partial charge in [0, 0.05) is 10.6 Å². The smallest absolute Gasteiger partial charge is 0.254 e. The topological polar surface area (TPSA) is 55.4 Å². The van der Waals surface area contributed by atoms with Gasteiger partial charge in [-0.3, -0.25) is 4.99 Å². The Balaban J connectivity index is 1.70. The van der Waals surface area contributed by atoms with Crippen LogP contribution in [0.1, 0.15) is 11.1 Å². The number of rotatable bonds is 3. The molecule has 0 radical (unpaired) electrons. The molecule has 3 aromatic rings. The summed E-state index contributed by atoms with van der Waals surface area (Å²) in [5.41, 5.74) is 2.46. The Kier molecular flexibility index (Phi) is 3.66. The lowest BCUT2D eigenvalue weighted by Crippen LogP contribution is -2.20. The number of halogens is 2. The highest BCUT2D eigenvalue weighted by atomic mass is 35.5. The summed E-state index contributed by atoms with van der Waals surface area (Å²) >= 11 is 5.95. The highest BCUT2D eigenvalue weighted by Gasteiger charge is 2.25. The zero-order valence-corrected chi connectivity index (χ0v) is 13.2. The average Bonchev–Trinajstić information content (AvgIpc) is 3.17. The summed E-state index contributed by atoms with van der Waals surface area (Å²) in [6, 6.07) is 13.6. The van der Waals surface area contributed by atoms with Gasteiger partial charge < -0.3 is 0 Å². The molecule has 0 unspecified atom stereocenters. The van der Waals surface area contributed by atoms with Gasteiger partial charge in [-0.2, -0.15) is 14.8 Å². The predicted molar refractivity (Wildman–Crippen MR) is 90.6 cm³/mol. The van der Waals surface area contributed by atoms with Crippen LogP contribution in [0.2, 0.25) is 5.02 Å². The number of fused-ring (bicyclic) bond motifs is 1. The van der Waals surface area contributed by atoms with Crippen molar-refractivity contribution >= 4 is 29.1 Å². The monoisotopic (exact) mass is 339 g/mol. The Morgan fingerprint density at radius 2 is 1.79 bits per heavy atom. The van der Waals surface area contributed by atoms with Crippen LogP contribution in [0.25, 0.3) is 0 Å². The standard InChI is InChI=1S/C17H11ClFN5/c18-13-5-3-12(4-6-13)15-16(24-17(23-15)21-10-22-24)20-9-11-1-7-14(19)8-2-11/h1-8,10H,9H2. The van der Waals surface area contributed by atoms with Gasteiger partial charge in [-0.05, 0) is 29.8 Å². The molecule has 2 heterocycles. The van der Waals surface area contributed by atoms with Crippen molar-refractivity contribution in [2.24, 2.45) is 9.98 Å². The summed E-state index contributed by atoms with van der Waals surface area (Å²) in [6.07, 6.45) is 1.44. The Morgan fingerprint density at radius 3 is 2.54 bits per heavy atom. The van der Waals surface area contributed by atoms with Gasteiger partial charge >= 0.3 is 0 Å². The lowest BCUT2D eigenvalue weighted by molar-refractivity contribution is 0.627. The van der Waals surface area contributed by atoms with Crippen molar-refractivity contribution in [3.8, 4) is 0 Å². The van der Waals surface area contributed by atoms with Crippen molar-refractivity contribution in [3.05, 3.63) is 76.8 Å². The second kappa shape index (κ2) is 5.98. The molecule has 0 amide bonds. The summed E-state index contributed by atoms with van der Waals surface area (Å²) in [5, 5.41) is 4.82. The van der Waals surface area contributed by atoms with Crippen LogP contribution >= 0.6 is 11.6 Å². The zero-order chi connectivity index (χ0) is 16.5. The van der Waals surface area contributed by atoms with E-state index in [0.717, 1.165) is 11.1 Å². The molecule has 0 saturated carbocycles. The lowest BCUT2D eigenvalue weighted by Gasteiger charge is -2.05. The number of aliphatic imine (C=N–C) groups is 2. The third-order valence-electron chi connectivity index (χ3n) is 3.60. The van der Waals surface area contributed by atoms with Gasteiger partial charge in [0.15, 0.2) is 5.84 Å². The van der Waals surface area contributed by atoms with E-state index in [1.807, 2.05) is 12.1 Å². The largest absolute Gasteiger partial charge is 0.260 e. The van der Waals surface area contributed by atoms with E-state index in [2.05, 4.69) is 20.1 Å². The van der Waals surface area contributed by atoms with Crippen molar-refractivity contribution < 1.29 is 4.39 Å². The molecule has 0 atom stereocenters. The maximum Gasteiger partial charge on any atom is 0.254 e. The van der Waals surface area contributed by atoms with Crippen LogP contribution in [0.5, 0.6) is 0 Å². The SMILES string of the molecule is Fc1ccc(CN=C2C(c3ccc(Cl)cc3)=Nc3ncnn32)cc1. The highest BCUT2D eigenvalue weighted by molar-refractivity contribution is 6.50. The molecule has 0 fully saturated rings. The zero-order valence-electron chi connectivity index (χ0n) is 12.4. The minimum absolute atomic E-state index is 0.269. The maximum absolute atomic E-state index is 13.0. The molecular formula is C17H11ClFN5. The van der Waals surface area contributed by atoms with Crippen LogP contribution in [0.15, 0.2) is 64.8 Å². The molecule has 0 bridgehead atoms. The molecule has 2 aromatic carbocycles. The van der Waals surface area contributed by atoms with Gasteiger partial charge in [0.25, 0.3) is 5.95 Å². The predicted octanol–water partition coefficient (Wildman–Crippen LogP) is 3.65. The fraction of sp³-hybridized carbons (Fsp3) is 0.0588. The molecule has 7 heteroatoms. The first-order chi connectivity index (χ1) is 11.7. The third-order valence-corrected chi connectivity index (χ3v) is 3.85. The lowest BCUT2D eigenvalue weighted by atomic mass is 10.1. The minimum atomic E-state index is -0.269. The van der Waals surface area contributed by atoms with Crippen molar-refractivity contribution in [2.45, 2.75) is 6.54 Å². The van der Waals surface area contributed by atoms with E-state index in [0.29, 0.717) is 29.1 Å². The first-order valence-electron chi connectivity index (χ1n) is 7.25. The van der Waals surface area contributed by atoms with Gasteiger partial charge in [0.1, 0.15) is 17.9 Å². The molecule has 118 valence electrons. The molecule has 5 nitrogen and oxygen atoms in total. The summed E-state index contributed by atoms with van der Waals surface area (Å²) in [6.45, 7) is 0.390. The first kappa shape index (κ1) is 14.7. The van der Waals surface area contributed by atoms with Gasteiger partial charge in [-0.25, -0.2) is 9.38 Å². The first-order valence-corrected chi connectivity index (χ1v) is 7.63. The van der Waals surface area contributed by atoms with E-state index < -0.39 is 0 Å². The van der Waals surface area contributed by atoms with E-state index in [4.69, 9.17) is 11.6 Å². The molecule has 4 rings (SSSR count). The van der Waals surface area contributed by atoms with E-state index in [-0.39, 0.29) is 5.82 Å². The van der Waals surface area contributed by atoms with Crippen LogP contribution in [0.3, 0.4) is 0 Å². The van der Waals surface area contributed by atoms with Crippen molar-refractivity contribution in [3.63, 3.8) is 0 Å². The van der Waals surface area contributed by atoms with Crippen LogP contribution in [0, 0.1) is 5.82 Å². The fourth-order valence-electron chi connectivity index (χ4n) is 2.41. The van der Waals surface area contributed by atoms with Crippen LogP contribution in [-0.2, 0) is 6.54 Å². The molecule has 0 spiro atoms. The molecule has 1 aromatic heterocycles. The van der Waals surface area contributed by atoms with E-state index >= 15 is 0 Å². The average molecular weight is 340 g/mol. The van der Waals surface area contributed by atoms with Crippen molar-refractivity contribution in [2.75, 3.05) is 0 Å². The Hall–Kier alpha value is -2.86. The number of hydrogen-bond acceptors (Lipinski definition) is 4. The van der Waals surface area contributed by atoms with Gasteiger partial charge in [0.05, 0.1) is 6.54 Å². The molecule has 24 heavy (non-hydrogen) atoms. The highest BCUT2D eigenvalue weighted by Crippen LogP contribution is 2.21. The van der Waals surface area contributed by atoms with Crippen LogP contribution in [0.4, 0.5) is 10.3 Å².